The third kappa shape index (κ3) is 3.02. The maximum absolute atomic E-state index is 6.06. The molecule has 1 aliphatic carbocycles. The number of nitrogens with two attached hydrogens (primary N) is 1. The second-order valence-corrected chi connectivity index (χ2v) is 3.95. The first-order valence-electron chi connectivity index (χ1n) is 5.15. The molecule has 0 amide bonds. The molecule has 0 spiro atoms. The van der Waals surface area contributed by atoms with E-state index in [1.165, 1.54) is 25.7 Å². The fourth-order valence-electron chi connectivity index (χ4n) is 2.09. The van der Waals surface area contributed by atoms with E-state index < -0.39 is 0 Å². The topological polar surface area (TPSA) is 29.3 Å². The summed E-state index contributed by atoms with van der Waals surface area (Å²) in [4.78, 5) is 2.32. The van der Waals surface area contributed by atoms with E-state index >= 15 is 0 Å². The minimum atomic E-state index is 0.358. The Morgan fingerprint density at radius 1 is 1.46 bits per heavy atom. The summed E-state index contributed by atoms with van der Waals surface area (Å²) in [5.74, 6) is 2.67. The zero-order chi connectivity index (χ0) is 9.68. The van der Waals surface area contributed by atoms with E-state index in [0.29, 0.717) is 12.1 Å². The van der Waals surface area contributed by atoms with E-state index in [9.17, 15) is 0 Å². The lowest BCUT2D eigenvalue weighted by atomic mass is 9.90. The lowest BCUT2D eigenvalue weighted by molar-refractivity contribution is 0.172. The molecule has 74 valence electrons. The van der Waals surface area contributed by atoms with Crippen molar-refractivity contribution in [2.45, 2.75) is 44.2 Å². The van der Waals surface area contributed by atoms with Gasteiger partial charge in [-0.2, -0.15) is 0 Å². The van der Waals surface area contributed by atoms with Crippen LogP contribution in [-0.4, -0.2) is 30.6 Å². The number of rotatable bonds is 3. The number of nitrogens with zero attached hydrogens (tertiary/aromatic N) is 1. The largest absolute Gasteiger partial charge is 0.326 e. The molecule has 0 saturated heterocycles. The summed E-state index contributed by atoms with van der Waals surface area (Å²) in [5.41, 5.74) is 6.06. The highest BCUT2D eigenvalue weighted by Crippen LogP contribution is 2.20. The Bertz CT molecular complexity index is 183. The van der Waals surface area contributed by atoms with Crippen LogP contribution in [0.3, 0.4) is 0 Å². The zero-order valence-electron chi connectivity index (χ0n) is 8.50. The molecule has 0 aromatic carbocycles. The molecular weight excluding hydrogens is 160 g/mol. The van der Waals surface area contributed by atoms with Gasteiger partial charge in [-0.05, 0) is 19.9 Å². The molecule has 0 bridgehead atoms. The highest BCUT2D eigenvalue weighted by atomic mass is 15.1. The summed E-state index contributed by atoms with van der Waals surface area (Å²) in [6.07, 6.45) is 11.1. The van der Waals surface area contributed by atoms with Crippen molar-refractivity contribution in [1.82, 2.24) is 4.90 Å². The van der Waals surface area contributed by atoms with Gasteiger partial charge in [-0.15, -0.1) is 12.3 Å². The van der Waals surface area contributed by atoms with Crippen LogP contribution >= 0.6 is 0 Å². The van der Waals surface area contributed by atoms with Crippen LogP contribution in [0.5, 0.6) is 0 Å². The normalized spacial score (nSPS) is 28.8. The molecule has 0 aromatic heterocycles. The molecule has 2 atom stereocenters. The monoisotopic (exact) mass is 180 g/mol. The smallest absolute Gasteiger partial charge is 0.0244 e. The Morgan fingerprint density at radius 3 is 2.77 bits per heavy atom. The molecule has 0 aliphatic heterocycles. The Morgan fingerprint density at radius 2 is 2.15 bits per heavy atom. The summed E-state index contributed by atoms with van der Waals surface area (Å²) >= 11 is 0. The number of hydrogen-bond donors (Lipinski definition) is 1. The minimum absolute atomic E-state index is 0.358. The first-order valence-corrected chi connectivity index (χ1v) is 5.15. The molecule has 1 fully saturated rings. The quantitative estimate of drug-likeness (QED) is 0.662. The van der Waals surface area contributed by atoms with Crippen molar-refractivity contribution in [2.24, 2.45) is 5.73 Å². The van der Waals surface area contributed by atoms with Gasteiger partial charge in [0.1, 0.15) is 0 Å². The summed E-state index contributed by atoms with van der Waals surface area (Å²) in [6, 6.07) is 0.915. The molecule has 2 N–H and O–H groups in total. The van der Waals surface area contributed by atoms with Crippen LogP contribution in [0.1, 0.15) is 32.1 Å². The van der Waals surface area contributed by atoms with Gasteiger partial charge in [0.2, 0.25) is 0 Å². The average molecular weight is 180 g/mol. The van der Waals surface area contributed by atoms with Crippen molar-refractivity contribution in [1.29, 1.82) is 0 Å². The van der Waals surface area contributed by atoms with Crippen LogP contribution < -0.4 is 5.73 Å². The summed E-state index contributed by atoms with van der Waals surface area (Å²) in [5, 5.41) is 0. The van der Waals surface area contributed by atoms with Gasteiger partial charge in [0.25, 0.3) is 0 Å². The first-order chi connectivity index (χ1) is 6.25. The van der Waals surface area contributed by atoms with E-state index in [2.05, 4.69) is 17.9 Å². The van der Waals surface area contributed by atoms with Crippen LogP contribution in [0.15, 0.2) is 0 Å². The number of hydrogen-bond acceptors (Lipinski definition) is 2. The predicted molar refractivity (Wildman–Crippen MR) is 56.3 cm³/mol. The van der Waals surface area contributed by atoms with Gasteiger partial charge in [-0.3, -0.25) is 0 Å². The first kappa shape index (κ1) is 10.6. The van der Waals surface area contributed by atoms with E-state index in [1.54, 1.807) is 0 Å². The van der Waals surface area contributed by atoms with Crippen LogP contribution in [0.25, 0.3) is 0 Å². The van der Waals surface area contributed by atoms with E-state index in [0.717, 1.165) is 13.0 Å². The van der Waals surface area contributed by atoms with Gasteiger partial charge < -0.3 is 10.6 Å². The van der Waals surface area contributed by atoms with Gasteiger partial charge in [-0.1, -0.05) is 12.8 Å². The fourth-order valence-corrected chi connectivity index (χ4v) is 2.09. The molecule has 2 heteroatoms. The van der Waals surface area contributed by atoms with Crippen LogP contribution in [0.4, 0.5) is 0 Å². The second kappa shape index (κ2) is 5.26. The van der Waals surface area contributed by atoms with E-state index in [1.807, 2.05) is 0 Å². The highest BCUT2D eigenvalue weighted by molar-refractivity contribution is 4.88. The Balaban J connectivity index is 2.35. The molecule has 1 saturated carbocycles. The molecule has 0 heterocycles. The Hall–Kier alpha value is -0.520. The van der Waals surface area contributed by atoms with E-state index in [-0.39, 0.29) is 0 Å². The van der Waals surface area contributed by atoms with Crippen molar-refractivity contribution >= 4 is 0 Å². The third-order valence-corrected chi connectivity index (χ3v) is 2.96. The summed E-state index contributed by atoms with van der Waals surface area (Å²) in [7, 11) is 2.13. The lowest BCUT2D eigenvalue weighted by Crippen LogP contribution is -2.48. The Kier molecular flexibility index (Phi) is 4.27. The highest BCUT2D eigenvalue weighted by Gasteiger charge is 2.24. The van der Waals surface area contributed by atoms with Crippen molar-refractivity contribution in [3.05, 3.63) is 0 Å². The number of likely N-dealkylation sites (N-methyl/N-ethyl adjacent to an activating group) is 1. The molecule has 2 nitrogen and oxygen atoms in total. The van der Waals surface area contributed by atoms with Gasteiger partial charge in [0.05, 0.1) is 0 Å². The molecule has 0 unspecified atom stereocenters. The lowest BCUT2D eigenvalue weighted by Gasteiger charge is -2.35. The predicted octanol–water partition coefficient (Wildman–Crippen LogP) is 1.21. The second-order valence-electron chi connectivity index (χ2n) is 3.95. The summed E-state index contributed by atoms with van der Waals surface area (Å²) in [6.45, 7) is 0.981. The summed E-state index contributed by atoms with van der Waals surface area (Å²) < 4.78 is 0. The fraction of sp³-hybridized carbons (Fsp3) is 0.818. The van der Waals surface area contributed by atoms with Gasteiger partial charge in [0, 0.05) is 25.0 Å². The molecule has 13 heavy (non-hydrogen) atoms. The van der Waals surface area contributed by atoms with Gasteiger partial charge in [0.15, 0.2) is 0 Å². The molecule has 1 aliphatic rings. The maximum atomic E-state index is 6.06. The maximum Gasteiger partial charge on any atom is 0.0244 e. The standard InChI is InChI=1S/C11H20N2/c1-3-4-9-13(2)11-8-6-5-7-10(11)12/h1,10-11H,4-9,12H2,2H3/t10-,11-/m1/s1. The molecule has 1 rings (SSSR count). The SMILES string of the molecule is C#CCCN(C)[C@@H]1CCCC[C@H]1N. The molecule has 0 radical (unpaired) electrons. The zero-order valence-corrected chi connectivity index (χ0v) is 8.50. The van der Waals surface area contributed by atoms with Crippen molar-refractivity contribution in [3.63, 3.8) is 0 Å². The van der Waals surface area contributed by atoms with Crippen molar-refractivity contribution in [3.8, 4) is 12.3 Å². The average Bonchev–Trinajstić information content (AvgIpc) is 2.15. The molecular formula is C11H20N2. The van der Waals surface area contributed by atoms with E-state index in [4.69, 9.17) is 12.2 Å². The van der Waals surface area contributed by atoms with Crippen molar-refractivity contribution in [2.75, 3.05) is 13.6 Å². The molecule has 0 aromatic rings. The number of terminal acetylenes is 1. The van der Waals surface area contributed by atoms with Crippen molar-refractivity contribution < 1.29 is 0 Å². The van der Waals surface area contributed by atoms with Crippen LogP contribution in [-0.2, 0) is 0 Å². The van der Waals surface area contributed by atoms with Crippen LogP contribution in [0.2, 0.25) is 0 Å². The Labute approximate surface area is 81.5 Å². The van der Waals surface area contributed by atoms with Crippen LogP contribution in [0, 0.1) is 12.3 Å². The third-order valence-electron chi connectivity index (χ3n) is 2.96. The minimum Gasteiger partial charge on any atom is -0.326 e. The van der Waals surface area contributed by atoms with Gasteiger partial charge in [-0.25, -0.2) is 0 Å². The van der Waals surface area contributed by atoms with Gasteiger partial charge >= 0.3 is 0 Å².